The number of thiophene rings is 1. The monoisotopic (exact) mass is 244 g/mol. The van der Waals surface area contributed by atoms with Gasteiger partial charge in [0.25, 0.3) is 0 Å². The van der Waals surface area contributed by atoms with E-state index >= 15 is 0 Å². The minimum absolute atomic E-state index is 0.211. The molecule has 0 saturated heterocycles. The van der Waals surface area contributed by atoms with Crippen molar-refractivity contribution in [3.05, 3.63) is 21.3 Å². The summed E-state index contributed by atoms with van der Waals surface area (Å²) in [7, 11) is 0. The first-order valence-corrected chi connectivity index (χ1v) is 6.41. The van der Waals surface area contributed by atoms with Crippen molar-refractivity contribution < 1.29 is 5.11 Å². The second-order valence-corrected chi connectivity index (χ2v) is 7.25. The van der Waals surface area contributed by atoms with Crippen LogP contribution in [0.1, 0.15) is 38.7 Å². The molecule has 1 saturated carbocycles. The Kier molecular flexibility index (Phi) is 2.46. The summed E-state index contributed by atoms with van der Waals surface area (Å²) in [6.07, 6.45) is -0.368. The minimum atomic E-state index is -0.368. The first kappa shape index (κ1) is 11.4. The molecule has 3 heteroatoms. The molecule has 84 valence electrons. The Morgan fingerprint density at radius 3 is 2.13 bits per heavy atom. The number of aliphatic hydroxyl groups excluding tert-OH is 1. The highest BCUT2D eigenvalue weighted by Crippen LogP contribution is 2.72. The van der Waals surface area contributed by atoms with Crippen molar-refractivity contribution in [1.82, 2.24) is 0 Å². The summed E-state index contributed by atoms with van der Waals surface area (Å²) in [4.78, 5) is 0.989. The van der Waals surface area contributed by atoms with Crippen molar-refractivity contribution in [2.75, 3.05) is 0 Å². The molecule has 0 amide bonds. The largest absolute Gasteiger partial charge is 0.387 e. The number of hydrogen-bond acceptors (Lipinski definition) is 2. The molecule has 1 heterocycles. The number of halogens is 1. The zero-order chi connectivity index (χ0) is 11.4. The Bertz CT molecular complexity index is 367. The lowest BCUT2D eigenvalue weighted by Gasteiger charge is -2.10. The van der Waals surface area contributed by atoms with E-state index in [1.165, 1.54) is 11.3 Å². The van der Waals surface area contributed by atoms with E-state index in [1.807, 2.05) is 12.1 Å². The normalized spacial score (nSPS) is 25.2. The van der Waals surface area contributed by atoms with E-state index in [4.69, 9.17) is 11.6 Å². The van der Waals surface area contributed by atoms with Crippen LogP contribution in [0.2, 0.25) is 4.34 Å². The average molecular weight is 245 g/mol. The molecule has 0 radical (unpaired) electrons. The zero-order valence-electron chi connectivity index (χ0n) is 9.54. The molecule has 0 spiro atoms. The van der Waals surface area contributed by atoms with E-state index in [2.05, 4.69) is 27.7 Å². The van der Waals surface area contributed by atoms with Crippen LogP contribution >= 0.6 is 22.9 Å². The second kappa shape index (κ2) is 3.22. The maximum Gasteiger partial charge on any atom is 0.0932 e. The van der Waals surface area contributed by atoms with Crippen LogP contribution in [0.15, 0.2) is 12.1 Å². The Labute approximate surface area is 100 Å². The third kappa shape index (κ3) is 1.54. The third-order valence-electron chi connectivity index (χ3n) is 4.33. The van der Waals surface area contributed by atoms with Gasteiger partial charge in [-0.1, -0.05) is 39.3 Å². The predicted molar refractivity (Wildman–Crippen MR) is 65.3 cm³/mol. The maximum absolute atomic E-state index is 10.3. The van der Waals surface area contributed by atoms with Crippen LogP contribution in [0.4, 0.5) is 0 Å². The van der Waals surface area contributed by atoms with Crippen LogP contribution in [-0.4, -0.2) is 5.11 Å². The fourth-order valence-electron chi connectivity index (χ4n) is 2.69. The van der Waals surface area contributed by atoms with Gasteiger partial charge in [0, 0.05) is 10.8 Å². The smallest absolute Gasteiger partial charge is 0.0932 e. The highest BCUT2D eigenvalue weighted by atomic mass is 35.5. The quantitative estimate of drug-likeness (QED) is 0.830. The van der Waals surface area contributed by atoms with E-state index in [0.717, 1.165) is 9.21 Å². The first-order chi connectivity index (χ1) is 6.78. The second-order valence-electron chi connectivity index (χ2n) is 5.51. The summed E-state index contributed by atoms with van der Waals surface area (Å²) in [5, 5.41) is 10.3. The topological polar surface area (TPSA) is 20.2 Å². The van der Waals surface area contributed by atoms with Crippen molar-refractivity contribution in [3.63, 3.8) is 0 Å². The van der Waals surface area contributed by atoms with Crippen LogP contribution in [0, 0.1) is 16.7 Å². The molecule has 0 aliphatic heterocycles. The molecular formula is C12H17ClOS. The Balaban J connectivity index is 2.21. The minimum Gasteiger partial charge on any atom is -0.387 e. The molecule has 1 aliphatic rings. The van der Waals surface area contributed by atoms with Gasteiger partial charge in [0.2, 0.25) is 0 Å². The van der Waals surface area contributed by atoms with Crippen LogP contribution in [-0.2, 0) is 0 Å². The van der Waals surface area contributed by atoms with Crippen molar-refractivity contribution >= 4 is 22.9 Å². The van der Waals surface area contributed by atoms with Gasteiger partial charge in [0.05, 0.1) is 10.4 Å². The van der Waals surface area contributed by atoms with Crippen molar-refractivity contribution in [2.24, 2.45) is 16.7 Å². The zero-order valence-corrected chi connectivity index (χ0v) is 11.1. The molecule has 1 atom stereocenters. The van der Waals surface area contributed by atoms with Gasteiger partial charge in [-0.2, -0.15) is 0 Å². The molecule has 2 rings (SSSR count). The lowest BCUT2D eigenvalue weighted by molar-refractivity contribution is 0.134. The lowest BCUT2D eigenvalue weighted by Crippen LogP contribution is -2.03. The first-order valence-electron chi connectivity index (χ1n) is 5.22. The van der Waals surface area contributed by atoms with Crippen LogP contribution in [0.25, 0.3) is 0 Å². The van der Waals surface area contributed by atoms with E-state index in [9.17, 15) is 5.11 Å². The van der Waals surface area contributed by atoms with Crippen molar-refractivity contribution in [1.29, 1.82) is 0 Å². The van der Waals surface area contributed by atoms with Gasteiger partial charge in [0.15, 0.2) is 0 Å². The molecule has 1 N–H and O–H groups in total. The van der Waals surface area contributed by atoms with E-state index in [-0.39, 0.29) is 16.9 Å². The van der Waals surface area contributed by atoms with Gasteiger partial charge >= 0.3 is 0 Å². The fourth-order valence-corrected chi connectivity index (χ4v) is 3.77. The van der Waals surface area contributed by atoms with Crippen LogP contribution < -0.4 is 0 Å². The van der Waals surface area contributed by atoms with Gasteiger partial charge in [-0.15, -0.1) is 11.3 Å². The van der Waals surface area contributed by atoms with Gasteiger partial charge in [-0.25, -0.2) is 0 Å². The highest BCUT2D eigenvalue weighted by molar-refractivity contribution is 7.16. The molecule has 1 unspecified atom stereocenters. The lowest BCUT2D eigenvalue weighted by atomic mass is 10.0. The summed E-state index contributed by atoms with van der Waals surface area (Å²) in [6.45, 7) is 8.87. The van der Waals surface area contributed by atoms with E-state index < -0.39 is 0 Å². The summed E-state index contributed by atoms with van der Waals surface area (Å²) >= 11 is 7.36. The molecule has 0 aromatic carbocycles. The molecule has 1 aliphatic carbocycles. The van der Waals surface area contributed by atoms with Crippen molar-refractivity contribution in [3.8, 4) is 0 Å². The molecular weight excluding hydrogens is 228 g/mol. The van der Waals surface area contributed by atoms with Crippen molar-refractivity contribution in [2.45, 2.75) is 33.8 Å². The molecule has 1 aromatic rings. The average Bonchev–Trinajstić information content (AvgIpc) is 2.49. The molecule has 15 heavy (non-hydrogen) atoms. The third-order valence-corrected chi connectivity index (χ3v) is 5.64. The maximum atomic E-state index is 10.3. The van der Waals surface area contributed by atoms with E-state index in [1.54, 1.807) is 0 Å². The van der Waals surface area contributed by atoms with Gasteiger partial charge in [0.1, 0.15) is 0 Å². The molecule has 1 nitrogen and oxygen atoms in total. The summed E-state index contributed by atoms with van der Waals surface area (Å²) in [5.74, 6) is 0.333. The van der Waals surface area contributed by atoms with Crippen LogP contribution in [0.3, 0.4) is 0 Å². The molecule has 1 aromatic heterocycles. The SMILES string of the molecule is CC1(C)C(C(O)c2ccc(Cl)s2)C1(C)C. The highest BCUT2D eigenvalue weighted by Gasteiger charge is 2.67. The molecule has 0 bridgehead atoms. The number of aliphatic hydroxyl groups is 1. The summed E-state index contributed by atoms with van der Waals surface area (Å²) < 4.78 is 0.750. The van der Waals surface area contributed by atoms with Gasteiger partial charge in [-0.05, 0) is 23.0 Å². The summed E-state index contributed by atoms with van der Waals surface area (Å²) in [6, 6.07) is 3.79. The fraction of sp³-hybridized carbons (Fsp3) is 0.667. The Morgan fingerprint density at radius 2 is 1.80 bits per heavy atom. The van der Waals surface area contributed by atoms with Crippen LogP contribution in [0.5, 0.6) is 0 Å². The standard InChI is InChI=1S/C12H17ClOS/c1-11(2)10(12(11,3)4)9(14)7-5-6-8(13)15-7/h5-6,9-10,14H,1-4H3. The van der Waals surface area contributed by atoms with E-state index in [0.29, 0.717) is 5.92 Å². The van der Waals surface area contributed by atoms with Gasteiger partial charge in [-0.3, -0.25) is 0 Å². The van der Waals surface area contributed by atoms with Gasteiger partial charge < -0.3 is 5.11 Å². The predicted octanol–water partition coefficient (Wildman–Crippen LogP) is 4.12. The Hall–Kier alpha value is -0.0500. The molecule has 1 fully saturated rings. The number of hydrogen-bond donors (Lipinski definition) is 1. The summed E-state index contributed by atoms with van der Waals surface area (Å²) in [5.41, 5.74) is 0.422. The number of rotatable bonds is 2. The Morgan fingerprint density at radius 1 is 1.27 bits per heavy atom.